The van der Waals surface area contributed by atoms with E-state index >= 15 is 0 Å². The summed E-state index contributed by atoms with van der Waals surface area (Å²) in [5, 5.41) is 29.4. The summed E-state index contributed by atoms with van der Waals surface area (Å²) in [5.41, 5.74) is 0. The van der Waals surface area contributed by atoms with Crippen LogP contribution in [-0.2, 0) is 52.5 Å². The highest BCUT2D eigenvalue weighted by atomic mass is 16.5. The molecule has 1 aliphatic carbocycles. The van der Waals surface area contributed by atoms with Crippen LogP contribution in [0.25, 0.3) is 0 Å². The molecular formula is C46H82N4O13. The van der Waals surface area contributed by atoms with Gasteiger partial charge in [-0.2, -0.15) is 0 Å². The summed E-state index contributed by atoms with van der Waals surface area (Å²) in [6.07, 6.45) is 19.4. The third-order valence-electron chi connectivity index (χ3n) is 11.1. The van der Waals surface area contributed by atoms with Crippen LogP contribution in [0.4, 0.5) is 0 Å². The maximum absolute atomic E-state index is 12.9. The molecule has 17 nitrogen and oxygen atoms in total. The standard InChI is InChI=1S/C46H82N4O13/c1-36(2)40(51)34-62-31-29-61-28-26-48-43(54)35-63-32-30-60-27-25-47-42(53)24-23-39(46(58)59)50-45(57)38-21-19-37(20-22-38)33-49-41(52)17-15-13-11-9-7-5-3-4-6-8-10-12-14-16-18-44(55)56/h36-39H,3-35H2,1-2H3,(H,47,53)(H,48,54)(H,49,52)(H,50,57)(H,55,56)(H,58,59)/t37-,38-,39-/m0/s1. The third kappa shape index (κ3) is 34.4. The van der Waals surface area contributed by atoms with Gasteiger partial charge >= 0.3 is 11.9 Å². The number of hydrogen-bond donors (Lipinski definition) is 6. The van der Waals surface area contributed by atoms with Gasteiger partial charge < -0.3 is 50.4 Å². The minimum Gasteiger partial charge on any atom is -0.481 e. The van der Waals surface area contributed by atoms with E-state index in [0.717, 1.165) is 51.4 Å². The van der Waals surface area contributed by atoms with Crippen LogP contribution in [-0.4, -0.2) is 130 Å². The Morgan fingerprint density at radius 3 is 1.49 bits per heavy atom. The van der Waals surface area contributed by atoms with E-state index in [4.69, 9.17) is 24.1 Å². The molecule has 6 N–H and O–H groups in total. The molecule has 0 radical (unpaired) electrons. The van der Waals surface area contributed by atoms with Crippen LogP contribution < -0.4 is 21.3 Å². The van der Waals surface area contributed by atoms with Crippen LogP contribution in [0.5, 0.6) is 0 Å². The molecule has 0 aromatic carbocycles. The molecule has 1 saturated carbocycles. The number of rotatable bonds is 42. The first kappa shape index (κ1) is 57.3. The van der Waals surface area contributed by atoms with Gasteiger partial charge in [-0.3, -0.25) is 28.8 Å². The van der Waals surface area contributed by atoms with Gasteiger partial charge in [-0.1, -0.05) is 90.9 Å². The van der Waals surface area contributed by atoms with Crippen molar-refractivity contribution in [2.45, 2.75) is 161 Å². The molecule has 0 aliphatic heterocycles. The Kier molecular flexibility index (Phi) is 35.3. The number of hydrogen-bond acceptors (Lipinski definition) is 11. The first-order chi connectivity index (χ1) is 30.4. The number of carbonyl (C=O) groups is 7. The van der Waals surface area contributed by atoms with Crippen LogP contribution in [0, 0.1) is 17.8 Å². The van der Waals surface area contributed by atoms with Gasteiger partial charge in [0.15, 0.2) is 5.78 Å². The van der Waals surface area contributed by atoms with E-state index in [1.165, 1.54) is 51.4 Å². The molecule has 0 heterocycles. The van der Waals surface area contributed by atoms with Crippen LogP contribution in [0.2, 0.25) is 0 Å². The number of carboxylic acid groups (broad SMARTS) is 2. The number of carboxylic acids is 2. The lowest BCUT2D eigenvalue weighted by molar-refractivity contribution is -0.143. The van der Waals surface area contributed by atoms with Crippen LogP contribution in [0.1, 0.15) is 155 Å². The lowest BCUT2D eigenvalue weighted by Gasteiger charge is -2.28. The first-order valence-electron chi connectivity index (χ1n) is 23.8. The van der Waals surface area contributed by atoms with Crippen molar-refractivity contribution in [1.29, 1.82) is 0 Å². The zero-order chi connectivity index (χ0) is 46.3. The monoisotopic (exact) mass is 899 g/mol. The van der Waals surface area contributed by atoms with E-state index in [-0.39, 0.29) is 106 Å². The first-order valence-corrected chi connectivity index (χ1v) is 23.8. The Bertz CT molecular complexity index is 1280. The van der Waals surface area contributed by atoms with Crippen molar-refractivity contribution in [3.63, 3.8) is 0 Å². The number of amides is 4. The predicted octanol–water partition coefficient (Wildman–Crippen LogP) is 5.11. The highest BCUT2D eigenvalue weighted by Gasteiger charge is 2.30. The fraction of sp³-hybridized carbons (Fsp3) is 0.848. The fourth-order valence-electron chi connectivity index (χ4n) is 7.09. The van der Waals surface area contributed by atoms with Gasteiger partial charge in [0.25, 0.3) is 0 Å². The predicted molar refractivity (Wildman–Crippen MR) is 238 cm³/mol. The number of unbranched alkanes of at least 4 members (excludes halogenated alkanes) is 13. The number of Topliss-reactive ketones (excluding diaryl/α,β-unsaturated/α-hetero) is 1. The molecule has 1 fully saturated rings. The van der Waals surface area contributed by atoms with Crippen LogP contribution in [0.15, 0.2) is 0 Å². The molecule has 0 aromatic rings. The second kappa shape index (κ2) is 38.8. The van der Waals surface area contributed by atoms with Gasteiger partial charge in [0.2, 0.25) is 23.6 Å². The van der Waals surface area contributed by atoms with Crippen molar-refractivity contribution in [2.75, 3.05) is 72.5 Å². The molecule has 0 spiro atoms. The molecule has 63 heavy (non-hydrogen) atoms. The minimum absolute atomic E-state index is 0.0343. The number of aliphatic carboxylic acids is 2. The molecule has 17 heteroatoms. The maximum Gasteiger partial charge on any atom is 0.326 e. The second-order valence-electron chi connectivity index (χ2n) is 17.0. The van der Waals surface area contributed by atoms with Crippen molar-refractivity contribution in [3.8, 4) is 0 Å². The number of carbonyl (C=O) groups excluding carboxylic acids is 5. The van der Waals surface area contributed by atoms with E-state index in [9.17, 15) is 38.7 Å². The lowest BCUT2D eigenvalue weighted by atomic mass is 9.81. The highest BCUT2D eigenvalue weighted by Crippen LogP contribution is 2.29. The maximum atomic E-state index is 12.9. The molecule has 0 unspecified atom stereocenters. The summed E-state index contributed by atoms with van der Waals surface area (Å²) in [6.45, 7) is 6.14. The van der Waals surface area contributed by atoms with Crippen molar-refractivity contribution in [3.05, 3.63) is 0 Å². The molecule has 0 saturated heterocycles. The van der Waals surface area contributed by atoms with Crippen molar-refractivity contribution >= 4 is 41.4 Å². The van der Waals surface area contributed by atoms with Gasteiger partial charge in [0.1, 0.15) is 19.3 Å². The lowest BCUT2D eigenvalue weighted by Crippen LogP contribution is -2.45. The Morgan fingerprint density at radius 1 is 0.524 bits per heavy atom. The van der Waals surface area contributed by atoms with E-state index in [1.54, 1.807) is 0 Å². The molecular weight excluding hydrogens is 817 g/mol. The van der Waals surface area contributed by atoms with Crippen molar-refractivity contribution in [2.24, 2.45) is 17.8 Å². The van der Waals surface area contributed by atoms with Crippen molar-refractivity contribution < 1.29 is 62.7 Å². The van der Waals surface area contributed by atoms with Gasteiger partial charge in [-0.25, -0.2) is 4.79 Å². The highest BCUT2D eigenvalue weighted by molar-refractivity contribution is 5.86. The van der Waals surface area contributed by atoms with Gasteiger partial charge in [-0.05, 0) is 50.9 Å². The quantitative estimate of drug-likeness (QED) is 0.0437. The largest absolute Gasteiger partial charge is 0.481 e. The zero-order valence-electron chi connectivity index (χ0n) is 38.5. The molecule has 1 atom stereocenters. The molecule has 4 amide bonds. The van der Waals surface area contributed by atoms with E-state index in [0.29, 0.717) is 52.2 Å². The van der Waals surface area contributed by atoms with Gasteiger partial charge in [0, 0.05) is 50.7 Å². The summed E-state index contributed by atoms with van der Waals surface area (Å²) in [7, 11) is 0. The van der Waals surface area contributed by atoms with Gasteiger partial charge in [0.05, 0.1) is 39.6 Å². The fourth-order valence-corrected chi connectivity index (χ4v) is 7.09. The Morgan fingerprint density at radius 2 is 0.984 bits per heavy atom. The number of ether oxygens (including phenoxy) is 4. The third-order valence-corrected chi connectivity index (χ3v) is 11.1. The summed E-state index contributed by atoms with van der Waals surface area (Å²) in [5.74, 6) is -2.86. The Balaban J connectivity index is 2.01. The van der Waals surface area contributed by atoms with E-state index in [1.807, 2.05) is 13.8 Å². The average Bonchev–Trinajstić information content (AvgIpc) is 3.25. The summed E-state index contributed by atoms with van der Waals surface area (Å²) in [6, 6.07) is -1.18. The van der Waals surface area contributed by atoms with E-state index < -0.39 is 18.0 Å². The molecule has 364 valence electrons. The second-order valence-corrected chi connectivity index (χ2v) is 17.0. The van der Waals surface area contributed by atoms with E-state index in [2.05, 4.69) is 21.3 Å². The summed E-state index contributed by atoms with van der Waals surface area (Å²) >= 11 is 0. The summed E-state index contributed by atoms with van der Waals surface area (Å²) < 4.78 is 21.3. The Labute approximate surface area is 376 Å². The average molecular weight is 899 g/mol. The zero-order valence-corrected chi connectivity index (χ0v) is 38.5. The van der Waals surface area contributed by atoms with Crippen LogP contribution in [0.3, 0.4) is 0 Å². The van der Waals surface area contributed by atoms with Crippen LogP contribution >= 0.6 is 0 Å². The molecule has 1 rings (SSSR count). The molecule has 0 bridgehead atoms. The number of nitrogens with one attached hydrogen (secondary N) is 4. The SMILES string of the molecule is CC(C)C(=O)COCCOCCNC(=O)COCCOCCNC(=O)CC[C@H](NC(=O)[C@H]1CC[C@H](CNC(=O)CCCCCCCCCCCCCCCCC(=O)O)CC1)C(=O)O. The topological polar surface area (TPSA) is 245 Å². The normalized spacial score (nSPS) is 15.4. The smallest absolute Gasteiger partial charge is 0.326 e. The molecule has 1 aliphatic rings. The molecule has 0 aromatic heterocycles. The Hall–Kier alpha value is -3.67. The number of ketones is 1. The summed E-state index contributed by atoms with van der Waals surface area (Å²) in [4.78, 5) is 83.4. The minimum atomic E-state index is -1.20. The van der Waals surface area contributed by atoms with Gasteiger partial charge in [-0.15, -0.1) is 0 Å². The van der Waals surface area contributed by atoms with Crippen molar-refractivity contribution in [1.82, 2.24) is 21.3 Å².